The summed E-state index contributed by atoms with van der Waals surface area (Å²) < 4.78 is 11.9. The summed E-state index contributed by atoms with van der Waals surface area (Å²) in [5.41, 5.74) is 1.32. The van der Waals surface area contributed by atoms with Gasteiger partial charge in [-0.05, 0) is 43.0 Å². The Morgan fingerprint density at radius 3 is 2.85 bits per heavy atom. The quantitative estimate of drug-likeness (QED) is 0.829. The van der Waals surface area contributed by atoms with Gasteiger partial charge in [0.25, 0.3) is 0 Å². The number of rotatable bonds is 7. The van der Waals surface area contributed by atoms with Crippen LogP contribution in [0.15, 0.2) is 24.3 Å². The van der Waals surface area contributed by atoms with Gasteiger partial charge in [-0.1, -0.05) is 32.9 Å². The molecule has 0 aromatic heterocycles. The van der Waals surface area contributed by atoms with E-state index in [1.54, 1.807) is 0 Å². The minimum atomic E-state index is 0.237. The molecule has 1 N–H and O–H groups in total. The van der Waals surface area contributed by atoms with Crippen molar-refractivity contribution in [2.24, 2.45) is 0 Å². The van der Waals surface area contributed by atoms with E-state index in [2.05, 4.69) is 44.3 Å². The lowest BCUT2D eigenvalue weighted by molar-refractivity contribution is 0.0188. The van der Waals surface area contributed by atoms with Gasteiger partial charge in [0.15, 0.2) is 0 Å². The lowest BCUT2D eigenvalue weighted by atomic mass is 10.0. The number of benzene rings is 1. The summed E-state index contributed by atoms with van der Waals surface area (Å²) in [4.78, 5) is 0. The van der Waals surface area contributed by atoms with Crippen LogP contribution >= 0.6 is 0 Å². The van der Waals surface area contributed by atoms with E-state index >= 15 is 0 Å². The molecule has 1 heterocycles. The first-order chi connectivity index (χ1) is 9.69. The Labute approximate surface area is 122 Å². The third kappa shape index (κ3) is 4.50. The van der Waals surface area contributed by atoms with Crippen LogP contribution in [-0.4, -0.2) is 31.9 Å². The van der Waals surface area contributed by atoms with Gasteiger partial charge in [0, 0.05) is 6.54 Å². The van der Waals surface area contributed by atoms with Crippen molar-refractivity contribution >= 4 is 0 Å². The second kappa shape index (κ2) is 7.65. The van der Waals surface area contributed by atoms with Crippen molar-refractivity contribution in [3.63, 3.8) is 0 Å². The summed E-state index contributed by atoms with van der Waals surface area (Å²) in [6, 6.07) is 8.37. The highest BCUT2D eigenvalue weighted by Gasteiger charge is 2.25. The summed E-state index contributed by atoms with van der Waals surface area (Å²) in [7, 11) is 0. The predicted octanol–water partition coefficient (Wildman–Crippen LogP) is 3.35. The smallest absolute Gasteiger partial charge is 0.119 e. The molecule has 1 fully saturated rings. The third-order valence-corrected chi connectivity index (χ3v) is 3.78. The molecule has 2 rings (SSSR count). The summed E-state index contributed by atoms with van der Waals surface area (Å²) >= 11 is 0. The van der Waals surface area contributed by atoms with E-state index in [4.69, 9.17) is 9.47 Å². The summed E-state index contributed by atoms with van der Waals surface area (Å²) in [5.74, 6) is 1.49. The molecular formula is C17H27NO2. The number of nitrogens with one attached hydrogen (secondary N) is 1. The van der Waals surface area contributed by atoms with Crippen LogP contribution in [0.5, 0.6) is 5.75 Å². The highest BCUT2D eigenvalue weighted by atomic mass is 16.5. The molecule has 0 spiro atoms. The van der Waals surface area contributed by atoms with Crippen molar-refractivity contribution in [2.75, 3.05) is 19.7 Å². The van der Waals surface area contributed by atoms with Crippen molar-refractivity contribution in [1.82, 2.24) is 5.32 Å². The minimum Gasteiger partial charge on any atom is -0.491 e. The van der Waals surface area contributed by atoms with E-state index < -0.39 is 0 Å². The van der Waals surface area contributed by atoms with Gasteiger partial charge in [-0.25, -0.2) is 0 Å². The van der Waals surface area contributed by atoms with Crippen LogP contribution in [0.1, 0.15) is 45.1 Å². The summed E-state index contributed by atoms with van der Waals surface area (Å²) in [5, 5.41) is 3.34. The number of ether oxygens (including phenoxy) is 2. The zero-order chi connectivity index (χ0) is 14.4. The fourth-order valence-corrected chi connectivity index (χ4v) is 2.51. The zero-order valence-electron chi connectivity index (χ0n) is 12.9. The van der Waals surface area contributed by atoms with Gasteiger partial charge < -0.3 is 14.8 Å². The molecule has 0 radical (unpaired) electrons. The second-order valence-electron chi connectivity index (χ2n) is 5.80. The molecule has 1 aromatic rings. The van der Waals surface area contributed by atoms with Crippen molar-refractivity contribution in [3.8, 4) is 5.75 Å². The zero-order valence-corrected chi connectivity index (χ0v) is 12.9. The van der Waals surface area contributed by atoms with Crippen LogP contribution in [0.2, 0.25) is 0 Å². The molecule has 2 atom stereocenters. The summed E-state index contributed by atoms with van der Waals surface area (Å²) in [6.45, 7) is 9.13. The van der Waals surface area contributed by atoms with E-state index in [9.17, 15) is 0 Å². The maximum absolute atomic E-state index is 5.98. The number of likely N-dealkylation sites (N-methyl/N-ethyl adjacent to an activating group) is 1. The molecule has 0 bridgehead atoms. The second-order valence-corrected chi connectivity index (χ2v) is 5.80. The first-order valence-electron chi connectivity index (χ1n) is 7.78. The Kier molecular flexibility index (Phi) is 5.86. The molecule has 0 aliphatic carbocycles. The maximum Gasteiger partial charge on any atom is 0.119 e. The third-order valence-electron chi connectivity index (χ3n) is 3.78. The molecule has 2 unspecified atom stereocenters. The Morgan fingerprint density at radius 2 is 2.10 bits per heavy atom. The van der Waals surface area contributed by atoms with Gasteiger partial charge >= 0.3 is 0 Å². The molecule has 20 heavy (non-hydrogen) atoms. The van der Waals surface area contributed by atoms with Gasteiger partial charge in [0.1, 0.15) is 12.4 Å². The summed E-state index contributed by atoms with van der Waals surface area (Å²) in [6.07, 6.45) is 2.82. The molecule has 1 aliphatic heterocycles. The molecule has 1 saturated heterocycles. The van der Waals surface area contributed by atoms with Crippen molar-refractivity contribution in [2.45, 2.75) is 51.7 Å². The highest BCUT2D eigenvalue weighted by molar-refractivity contribution is 5.30. The maximum atomic E-state index is 5.98. The molecule has 0 amide bonds. The van der Waals surface area contributed by atoms with E-state index in [-0.39, 0.29) is 6.10 Å². The van der Waals surface area contributed by atoms with E-state index in [1.807, 2.05) is 6.07 Å². The van der Waals surface area contributed by atoms with Gasteiger partial charge in [0.2, 0.25) is 0 Å². The lowest BCUT2D eigenvalue weighted by Crippen LogP contribution is -2.28. The van der Waals surface area contributed by atoms with E-state index in [1.165, 1.54) is 5.56 Å². The first-order valence-corrected chi connectivity index (χ1v) is 7.78. The predicted molar refractivity (Wildman–Crippen MR) is 82.5 cm³/mol. The van der Waals surface area contributed by atoms with Crippen LogP contribution in [0, 0.1) is 0 Å². The Balaban J connectivity index is 1.77. The average molecular weight is 277 g/mol. The van der Waals surface area contributed by atoms with E-state index in [0.717, 1.165) is 31.7 Å². The SMILES string of the molecule is CCNCC1CCC(COc2cccc(C(C)C)c2)O1. The molecule has 0 saturated carbocycles. The van der Waals surface area contributed by atoms with Crippen LogP contribution in [0.4, 0.5) is 0 Å². The molecular weight excluding hydrogens is 250 g/mol. The van der Waals surface area contributed by atoms with Gasteiger partial charge in [-0.2, -0.15) is 0 Å². The molecule has 1 aliphatic rings. The fourth-order valence-electron chi connectivity index (χ4n) is 2.51. The largest absolute Gasteiger partial charge is 0.491 e. The first kappa shape index (κ1) is 15.3. The normalized spacial score (nSPS) is 22.4. The van der Waals surface area contributed by atoms with Crippen LogP contribution in [-0.2, 0) is 4.74 Å². The topological polar surface area (TPSA) is 30.5 Å². The van der Waals surface area contributed by atoms with Crippen molar-refractivity contribution < 1.29 is 9.47 Å². The van der Waals surface area contributed by atoms with Gasteiger partial charge in [-0.3, -0.25) is 0 Å². The standard InChI is InChI=1S/C17H27NO2/c1-4-18-11-16-8-9-17(20-16)12-19-15-7-5-6-14(10-15)13(2)3/h5-7,10,13,16-18H,4,8-9,11-12H2,1-3H3. The number of hydrogen-bond donors (Lipinski definition) is 1. The fraction of sp³-hybridized carbons (Fsp3) is 0.647. The van der Waals surface area contributed by atoms with Gasteiger partial charge in [0.05, 0.1) is 12.2 Å². The molecule has 1 aromatic carbocycles. The molecule has 112 valence electrons. The highest BCUT2D eigenvalue weighted by Crippen LogP contribution is 2.23. The van der Waals surface area contributed by atoms with E-state index in [0.29, 0.717) is 18.6 Å². The van der Waals surface area contributed by atoms with Gasteiger partial charge in [-0.15, -0.1) is 0 Å². The molecule has 3 nitrogen and oxygen atoms in total. The lowest BCUT2D eigenvalue weighted by Gasteiger charge is -2.15. The Bertz CT molecular complexity index is 406. The Hall–Kier alpha value is -1.06. The average Bonchev–Trinajstić information content (AvgIpc) is 2.91. The van der Waals surface area contributed by atoms with Crippen LogP contribution in [0.3, 0.4) is 0 Å². The Morgan fingerprint density at radius 1 is 1.30 bits per heavy atom. The van der Waals surface area contributed by atoms with Crippen LogP contribution in [0.25, 0.3) is 0 Å². The minimum absolute atomic E-state index is 0.237. The number of hydrogen-bond acceptors (Lipinski definition) is 3. The molecule has 3 heteroatoms. The van der Waals surface area contributed by atoms with Crippen molar-refractivity contribution in [1.29, 1.82) is 0 Å². The van der Waals surface area contributed by atoms with Crippen molar-refractivity contribution in [3.05, 3.63) is 29.8 Å². The van der Waals surface area contributed by atoms with Crippen LogP contribution < -0.4 is 10.1 Å². The monoisotopic (exact) mass is 277 g/mol.